The molecule has 0 aliphatic rings. The van der Waals surface area contributed by atoms with Crippen LogP contribution in [0, 0.1) is 5.92 Å². The van der Waals surface area contributed by atoms with Gasteiger partial charge in [-0.2, -0.15) is 0 Å². The van der Waals surface area contributed by atoms with Gasteiger partial charge in [-0.3, -0.25) is 4.79 Å². The van der Waals surface area contributed by atoms with Crippen molar-refractivity contribution in [2.24, 2.45) is 5.92 Å². The Labute approximate surface area is 214 Å². The lowest BCUT2D eigenvalue weighted by molar-refractivity contribution is -0.127. The minimum absolute atomic E-state index is 0.184. The van der Waals surface area contributed by atoms with Crippen molar-refractivity contribution in [1.82, 2.24) is 0 Å². The monoisotopic (exact) mass is 476 g/mol. The third kappa shape index (κ3) is 24.2. The molecule has 0 aromatic rings. The molecular weight excluding hydrogens is 416 g/mol. The van der Waals surface area contributed by atoms with Crippen LogP contribution in [0.2, 0.25) is 0 Å². The van der Waals surface area contributed by atoms with Crippen LogP contribution >= 0.6 is 0 Å². The van der Waals surface area contributed by atoms with Crippen LogP contribution in [0.15, 0.2) is 12.2 Å². The lowest BCUT2D eigenvalue weighted by Crippen LogP contribution is -2.15. The highest BCUT2D eigenvalue weighted by atomic mass is 16.1. The Kier molecular flexibility index (Phi) is 27.6. The van der Waals surface area contributed by atoms with Crippen LogP contribution in [0.5, 0.6) is 0 Å². The molecule has 0 aliphatic carbocycles. The highest BCUT2D eigenvalue weighted by Crippen LogP contribution is 2.16. The summed E-state index contributed by atoms with van der Waals surface area (Å²) >= 11 is 0. The van der Waals surface area contributed by atoms with Gasteiger partial charge in [-0.25, -0.2) is 0 Å². The second-order valence-corrected chi connectivity index (χ2v) is 10.5. The summed E-state index contributed by atoms with van der Waals surface area (Å²) in [6.45, 7) is 4.53. The lowest BCUT2D eigenvalue weighted by atomic mass is 9.94. The second-order valence-electron chi connectivity index (χ2n) is 10.5. The molecule has 0 rings (SSSR count). The van der Waals surface area contributed by atoms with Crippen molar-refractivity contribution in [3.05, 3.63) is 12.2 Å². The average molecular weight is 477 g/mol. The highest BCUT2D eigenvalue weighted by molar-refractivity contribution is 5.93. The zero-order valence-corrected chi connectivity index (χ0v) is 23.3. The highest BCUT2D eigenvalue weighted by Gasteiger charge is 2.16. The molecule has 0 amide bonds. The van der Waals surface area contributed by atoms with Crippen molar-refractivity contribution in [2.45, 2.75) is 174 Å². The van der Waals surface area contributed by atoms with E-state index < -0.39 is 0 Å². The number of aldehydes is 1. The van der Waals surface area contributed by atoms with Crippen LogP contribution in [0.3, 0.4) is 0 Å². The van der Waals surface area contributed by atoms with Gasteiger partial charge in [0.05, 0.1) is 5.92 Å². The number of rotatable bonds is 28. The van der Waals surface area contributed by atoms with E-state index in [0.29, 0.717) is 6.42 Å². The van der Waals surface area contributed by atoms with Crippen molar-refractivity contribution in [1.29, 1.82) is 0 Å². The molecule has 34 heavy (non-hydrogen) atoms. The summed E-state index contributed by atoms with van der Waals surface area (Å²) in [6.07, 6.45) is 36.4. The molecule has 0 aliphatic heterocycles. The van der Waals surface area contributed by atoms with Crippen molar-refractivity contribution in [3.63, 3.8) is 0 Å². The maximum absolute atomic E-state index is 12.4. The van der Waals surface area contributed by atoms with E-state index in [9.17, 15) is 9.59 Å². The Morgan fingerprint density at radius 1 is 0.529 bits per heavy atom. The fraction of sp³-hybridized carbons (Fsp3) is 0.875. The summed E-state index contributed by atoms with van der Waals surface area (Å²) in [5, 5.41) is 0. The Bertz CT molecular complexity index is 454. The van der Waals surface area contributed by atoms with Crippen LogP contribution in [-0.2, 0) is 9.59 Å². The summed E-state index contributed by atoms with van der Waals surface area (Å²) < 4.78 is 0. The smallest absolute Gasteiger partial charge is 0.143 e. The van der Waals surface area contributed by atoms with E-state index in [1.807, 2.05) is 0 Å². The van der Waals surface area contributed by atoms with Crippen molar-refractivity contribution in [3.8, 4) is 0 Å². The maximum atomic E-state index is 12.4. The Morgan fingerprint density at radius 3 is 1.35 bits per heavy atom. The van der Waals surface area contributed by atoms with Gasteiger partial charge in [0.1, 0.15) is 12.1 Å². The quantitative estimate of drug-likeness (QED) is 0.0487. The maximum Gasteiger partial charge on any atom is 0.143 e. The predicted molar refractivity (Wildman–Crippen MR) is 150 cm³/mol. The number of ketones is 1. The number of unbranched alkanes of at least 4 members (excludes halogenated alkanes) is 20. The average Bonchev–Trinajstić information content (AvgIpc) is 2.85. The minimum atomic E-state index is -0.347. The molecule has 2 nitrogen and oxygen atoms in total. The van der Waals surface area contributed by atoms with E-state index in [4.69, 9.17) is 0 Å². The van der Waals surface area contributed by atoms with E-state index >= 15 is 0 Å². The zero-order chi connectivity index (χ0) is 25.0. The number of carbonyl (C=O) groups is 2. The fourth-order valence-electron chi connectivity index (χ4n) is 4.71. The van der Waals surface area contributed by atoms with E-state index in [0.717, 1.165) is 38.4 Å². The summed E-state index contributed by atoms with van der Waals surface area (Å²) in [6, 6.07) is 0. The molecule has 0 radical (unpaired) electrons. The number of hydrogen-bond acceptors (Lipinski definition) is 2. The van der Waals surface area contributed by atoms with Crippen LogP contribution in [0.25, 0.3) is 0 Å². The van der Waals surface area contributed by atoms with Gasteiger partial charge < -0.3 is 4.79 Å². The molecule has 0 aromatic carbocycles. The largest absolute Gasteiger partial charge is 0.303 e. The SMILES string of the molecule is CCCCCCCCC=CCCCCCCC(C=O)C(=O)CCCCCCCCCCCCC. The molecular formula is C32H60O2. The molecule has 0 N–H and O–H groups in total. The Hall–Kier alpha value is -0.920. The van der Waals surface area contributed by atoms with E-state index in [1.54, 1.807) is 0 Å². The molecule has 0 saturated carbocycles. The standard InChI is InChI=1S/C32H60O2/c1-3-5-7-9-11-13-15-16-17-19-20-22-24-26-28-31(30-33)32(34)29-27-25-23-21-18-14-12-10-8-6-4-2/h16-17,30-31H,3-15,18-29H2,1-2H3. The number of allylic oxidation sites excluding steroid dienone is 2. The van der Waals surface area contributed by atoms with Gasteiger partial charge in [0, 0.05) is 6.42 Å². The zero-order valence-electron chi connectivity index (χ0n) is 23.3. The van der Waals surface area contributed by atoms with Gasteiger partial charge in [-0.15, -0.1) is 0 Å². The normalized spacial score (nSPS) is 12.4. The van der Waals surface area contributed by atoms with Gasteiger partial charge in [-0.05, 0) is 38.5 Å². The number of hydrogen-bond donors (Lipinski definition) is 0. The molecule has 0 heterocycles. The van der Waals surface area contributed by atoms with E-state index in [2.05, 4.69) is 26.0 Å². The molecule has 0 spiro atoms. The lowest BCUT2D eigenvalue weighted by Gasteiger charge is -2.09. The molecule has 0 fully saturated rings. The third-order valence-corrected chi connectivity index (χ3v) is 7.13. The molecule has 0 aromatic heterocycles. The van der Waals surface area contributed by atoms with Crippen LogP contribution in [-0.4, -0.2) is 12.1 Å². The minimum Gasteiger partial charge on any atom is -0.303 e. The molecule has 200 valence electrons. The first kappa shape index (κ1) is 33.1. The van der Waals surface area contributed by atoms with Crippen LogP contribution < -0.4 is 0 Å². The molecule has 1 atom stereocenters. The Morgan fingerprint density at radius 2 is 0.912 bits per heavy atom. The van der Waals surface area contributed by atoms with E-state index in [1.165, 1.54) is 122 Å². The van der Waals surface area contributed by atoms with Crippen LogP contribution in [0.4, 0.5) is 0 Å². The molecule has 2 heteroatoms. The number of Topliss-reactive ketones (excluding diaryl/α,β-unsaturated/α-hetero) is 1. The summed E-state index contributed by atoms with van der Waals surface area (Å²) in [5.74, 6) is -0.163. The fourth-order valence-corrected chi connectivity index (χ4v) is 4.71. The first-order valence-corrected chi connectivity index (χ1v) is 15.4. The number of carbonyl (C=O) groups excluding carboxylic acids is 2. The van der Waals surface area contributed by atoms with Crippen molar-refractivity contribution < 1.29 is 9.59 Å². The van der Waals surface area contributed by atoms with Crippen molar-refractivity contribution >= 4 is 12.1 Å². The first-order valence-electron chi connectivity index (χ1n) is 15.4. The predicted octanol–water partition coefficient (Wildman–Crippen LogP) is 10.7. The molecule has 1 unspecified atom stereocenters. The second kappa shape index (κ2) is 28.3. The van der Waals surface area contributed by atoms with Crippen molar-refractivity contribution in [2.75, 3.05) is 0 Å². The van der Waals surface area contributed by atoms with Gasteiger partial charge in [0.2, 0.25) is 0 Å². The molecule has 0 saturated heterocycles. The van der Waals surface area contributed by atoms with Crippen LogP contribution in [0.1, 0.15) is 174 Å². The van der Waals surface area contributed by atoms with Gasteiger partial charge in [0.25, 0.3) is 0 Å². The summed E-state index contributed by atoms with van der Waals surface area (Å²) in [7, 11) is 0. The van der Waals surface area contributed by atoms with E-state index in [-0.39, 0.29) is 11.7 Å². The third-order valence-electron chi connectivity index (χ3n) is 7.13. The summed E-state index contributed by atoms with van der Waals surface area (Å²) in [4.78, 5) is 23.7. The van der Waals surface area contributed by atoms with Gasteiger partial charge >= 0.3 is 0 Å². The summed E-state index contributed by atoms with van der Waals surface area (Å²) in [5.41, 5.74) is 0. The topological polar surface area (TPSA) is 34.1 Å². The van der Waals surface area contributed by atoms with Gasteiger partial charge in [0.15, 0.2) is 0 Å². The Balaban J connectivity index is 3.50. The van der Waals surface area contributed by atoms with Gasteiger partial charge in [-0.1, -0.05) is 142 Å². The molecule has 0 bridgehead atoms. The first-order chi connectivity index (χ1) is 16.8.